The summed E-state index contributed by atoms with van der Waals surface area (Å²) in [4.78, 5) is 12.0. The summed E-state index contributed by atoms with van der Waals surface area (Å²) < 4.78 is 0. The fraction of sp³-hybridized carbons (Fsp3) is 0.462. The molecule has 0 heterocycles. The molecule has 1 aromatic carbocycles. The highest BCUT2D eigenvalue weighted by molar-refractivity contribution is 6.31. The van der Waals surface area contributed by atoms with Crippen LogP contribution in [0.25, 0.3) is 0 Å². The lowest BCUT2D eigenvalue weighted by molar-refractivity contribution is 0.0946. The van der Waals surface area contributed by atoms with Gasteiger partial charge in [-0.3, -0.25) is 4.79 Å². The van der Waals surface area contributed by atoms with Gasteiger partial charge in [-0.15, -0.1) is 0 Å². The third-order valence-electron chi connectivity index (χ3n) is 2.42. The second kappa shape index (κ2) is 5.46. The van der Waals surface area contributed by atoms with E-state index in [1.165, 1.54) is 0 Å². The van der Waals surface area contributed by atoms with Crippen molar-refractivity contribution < 1.29 is 4.79 Å². The van der Waals surface area contributed by atoms with E-state index >= 15 is 0 Å². The van der Waals surface area contributed by atoms with E-state index in [4.69, 9.17) is 11.6 Å². The molecule has 1 rings (SSSR count). The molecular formula is C13H18ClNO. The summed E-state index contributed by atoms with van der Waals surface area (Å²) in [7, 11) is 0. The van der Waals surface area contributed by atoms with Crippen LogP contribution in [0.1, 0.15) is 36.7 Å². The highest BCUT2D eigenvalue weighted by Gasteiger charge is 2.15. The molecular weight excluding hydrogens is 222 g/mol. The van der Waals surface area contributed by atoms with Gasteiger partial charge in [-0.25, -0.2) is 0 Å². The van der Waals surface area contributed by atoms with Gasteiger partial charge in [0.1, 0.15) is 0 Å². The Kier molecular flexibility index (Phi) is 4.51. The number of ketones is 1. The smallest absolute Gasteiger partial charge is 0.179 e. The van der Waals surface area contributed by atoms with Gasteiger partial charge < -0.3 is 5.32 Å². The number of benzene rings is 1. The first kappa shape index (κ1) is 13.2. The summed E-state index contributed by atoms with van der Waals surface area (Å²) in [5.74, 6) is 0.105. The van der Waals surface area contributed by atoms with Crippen molar-refractivity contribution in [3.63, 3.8) is 0 Å². The van der Waals surface area contributed by atoms with E-state index < -0.39 is 0 Å². The van der Waals surface area contributed by atoms with Crippen molar-refractivity contribution in [2.45, 2.75) is 39.8 Å². The molecule has 0 saturated heterocycles. The average molecular weight is 240 g/mol. The lowest BCUT2D eigenvalue weighted by Gasteiger charge is -2.16. The number of halogens is 1. The first-order chi connectivity index (χ1) is 7.41. The molecule has 1 N–H and O–H groups in total. The Labute approximate surface area is 102 Å². The van der Waals surface area contributed by atoms with Crippen LogP contribution >= 0.6 is 11.6 Å². The standard InChI is InChI=1S/C13H18ClNO/c1-8(2)15-10(4)13(16)11-5-6-12(14)9(3)7-11/h5-8,10,15H,1-4H3. The fourth-order valence-electron chi connectivity index (χ4n) is 1.62. The van der Waals surface area contributed by atoms with Crippen molar-refractivity contribution in [2.24, 2.45) is 0 Å². The van der Waals surface area contributed by atoms with E-state index in [-0.39, 0.29) is 11.8 Å². The van der Waals surface area contributed by atoms with Gasteiger partial charge in [0.2, 0.25) is 0 Å². The minimum Gasteiger partial charge on any atom is -0.305 e. The van der Waals surface area contributed by atoms with Crippen molar-refractivity contribution in [1.82, 2.24) is 5.32 Å². The molecule has 0 radical (unpaired) electrons. The first-order valence-corrected chi connectivity index (χ1v) is 5.86. The molecule has 0 fully saturated rings. The number of aryl methyl sites for hydroxylation is 1. The number of Topliss-reactive ketones (excluding diaryl/α,β-unsaturated/α-hetero) is 1. The third-order valence-corrected chi connectivity index (χ3v) is 2.84. The number of nitrogens with one attached hydrogen (secondary N) is 1. The fourth-order valence-corrected chi connectivity index (χ4v) is 1.74. The Morgan fingerprint density at radius 3 is 2.44 bits per heavy atom. The van der Waals surface area contributed by atoms with Gasteiger partial charge in [-0.05, 0) is 37.6 Å². The highest BCUT2D eigenvalue weighted by Crippen LogP contribution is 2.17. The Balaban J connectivity index is 2.84. The Morgan fingerprint density at radius 2 is 1.94 bits per heavy atom. The maximum absolute atomic E-state index is 12.0. The van der Waals surface area contributed by atoms with Crippen LogP contribution < -0.4 is 5.32 Å². The van der Waals surface area contributed by atoms with Crippen molar-refractivity contribution >= 4 is 17.4 Å². The Hall–Kier alpha value is -0.860. The number of rotatable bonds is 4. The molecule has 2 nitrogen and oxygen atoms in total. The van der Waals surface area contributed by atoms with Crippen LogP contribution in [0.3, 0.4) is 0 Å². The quantitative estimate of drug-likeness (QED) is 0.818. The highest BCUT2D eigenvalue weighted by atomic mass is 35.5. The molecule has 0 aliphatic carbocycles. The molecule has 16 heavy (non-hydrogen) atoms. The average Bonchev–Trinajstić information content (AvgIpc) is 2.20. The van der Waals surface area contributed by atoms with Crippen LogP contribution in [0.15, 0.2) is 18.2 Å². The summed E-state index contributed by atoms with van der Waals surface area (Å²) in [6, 6.07) is 5.51. The lowest BCUT2D eigenvalue weighted by atomic mass is 10.0. The van der Waals surface area contributed by atoms with Crippen LogP contribution in [0.4, 0.5) is 0 Å². The largest absolute Gasteiger partial charge is 0.305 e. The Morgan fingerprint density at radius 1 is 1.31 bits per heavy atom. The summed E-state index contributed by atoms with van der Waals surface area (Å²) in [6.07, 6.45) is 0. The second-order valence-corrected chi connectivity index (χ2v) is 4.78. The van der Waals surface area contributed by atoms with Gasteiger partial charge in [-0.1, -0.05) is 25.4 Å². The molecule has 0 aromatic heterocycles. The summed E-state index contributed by atoms with van der Waals surface area (Å²) in [5.41, 5.74) is 1.65. The zero-order chi connectivity index (χ0) is 12.3. The molecule has 0 aliphatic rings. The molecule has 0 bridgehead atoms. The van der Waals surface area contributed by atoms with Gasteiger partial charge in [0.25, 0.3) is 0 Å². The number of carbonyl (C=O) groups is 1. The summed E-state index contributed by atoms with van der Waals surface area (Å²) in [5, 5.41) is 3.89. The van der Waals surface area contributed by atoms with E-state index in [0.29, 0.717) is 16.6 Å². The van der Waals surface area contributed by atoms with Crippen molar-refractivity contribution in [3.8, 4) is 0 Å². The van der Waals surface area contributed by atoms with Gasteiger partial charge in [0.15, 0.2) is 5.78 Å². The maximum Gasteiger partial charge on any atom is 0.179 e. The number of hydrogen-bond acceptors (Lipinski definition) is 2. The Bertz CT molecular complexity index is 388. The number of hydrogen-bond donors (Lipinski definition) is 1. The predicted octanol–water partition coefficient (Wildman–Crippen LogP) is 3.22. The SMILES string of the molecule is Cc1cc(C(=O)C(C)NC(C)C)ccc1Cl. The number of carbonyl (C=O) groups excluding carboxylic acids is 1. The second-order valence-electron chi connectivity index (χ2n) is 4.37. The van der Waals surface area contributed by atoms with E-state index in [2.05, 4.69) is 5.32 Å². The third kappa shape index (κ3) is 3.32. The van der Waals surface area contributed by atoms with Crippen molar-refractivity contribution in [3.05, 3.63) is 34.3 Å². The van der Waals surface area contributed by atoms with E-state index in [9.17, 15) is 4.79 Å². The minimum absolute atomic E-state index is 0.105. The normalized spacial score (nSPS) is 12.9. The molecule has 0 aliphatic heterocycles. The maximum atomic E-state index is 12.0. The molecule has 1 unspecified atom stereocenters. The van der Waals surface area contributed by atoms with Crippen LogP contribution in [-0.4, -0.2) is 17.9 Å². The molecule has 1 aromatic rings. The topological polar surface area (TPSA) is 29.1 Å². The predicted molar refractivity (Wildman–Crippen MR) is 68.3 cm³/mol. The molecule has 1 atom stereocenters. The molecule has 0 amide bonds. The summed E-state index contributed by atoms with van der Waals surface area (Å²) in [6.45, 7) is 7.83. The monoisotopic (exact) mass is 239 g/mol. The molecule has 88 valence electrons. The summed E-state index contributed by atoms with van der Waals surface area (Å²) >= 11 is 5.92. The van der Waals surface area contributed by atoms with Gasteiger partial charge >= 0.3 is 0 Å². The zero-order valence-electron chi connectivity index (χ0n) is 10.2. The van der Waals surface area contributed by atoms with Crippen LogP contribution in [0.5, 0.6) is 0 Å². The van der Waals surface area contributed by atoms with Gasteiger partial charge in [-0.2, -0.15) is 0 Å². The van der Waals surface area contributed by atoms with E-state index in [0.717, 1.165) is 5.56 Å². The zero-order valence-corrected chi connectivity index (χ0v) is 10.9. The molecule has 0 spiro atoms. The van der Waals surface area contributed by atoms with E-state index in [1.54, 1.807) is 12.1 Å². The molecule has 0 saturated carbocycles. The van der Waals surface area contributed by atoms with Crippen molar-refractivity contribution in [1.29, 1.82) is 0 Å². The van der Waals surface area contributed by atoms with Gasteiger partial charge in [0.05, 0.1) is 6.04 Å². The van der Waals surface area contributed by atoms with Crippen LogP contribution in [-0.2, 0) is 0 Å². The van der Waals surface area contributed by atoms with Crippen LogP contribution in [0, 0.1) is 6.92 Å². The van der Waals surface area contributed by atoms with E-state index in [1.807, 2.05) is 33.8 Å². The van der Waals surface area contributed by atoms with Gasteiger partial charge in [0, 0.05) is 16.6 Å². The van der Waals surface area contributed by atoms with Crippen LogP contribution in [0.2, 0.25) is 5.02 Å². The minimum atomic E-state index is -0.166. The first-order valence-electron chi connectivity index (χ1n) is 5.48. The molecule has 3 heteroatoms. The van der Waals surface area contributed by atoms with Crippen molar-refractivity contribution in [2.75, 3.05) is 0 Å². The lowest BCUT2D eigenvalue weighted by Crippen LogP contribution is -2.38.